The molecule has 1 aromatic carbocycles. The molecule has 0 aliphatic heterocycles. The molecule has 0 bridgehead atoms. The quantitative estimate of drug-likeness (QED) is 0.609. The molecule has 0 spiro atoms. The molecule has 124 valence electrons. The molecule has 0 aliphatic rings. The Morgan fingerprint density at radius 2 is 1.96 bits per heavy atom. The third-order valence-electron chi connectivity index (χ3n) is 4.08. The zero-order chi connectivity index (χ0) is 16.9. The van der Waals surface area contributed by atoms with Crippen LogP contribution in [0.2, 0.25) is 0 Å². The normalized spacial score (nSPS) is 10.8. The van der Waals surface area contributed by atoms with Crippen LogP contribution in [-0.4, -0.2) is 33.9 Å². The second-order valence-corrected chi connectivity index (χ2v) is 5.76. The highest BCUT2D eigenvalue weighted by Gasteiger charge is 2.10. The van der Waals surface area contributed by atoms with Crippen LogP contribution < -0.4 is 10.6 Å². The second-order valence-electron chi connectivity index (χ2n) is 5.76. The number of nitrogens with zero attached hydrogens (tertiary/aromatic N) is 2. The molecule has 2 aromatic heterocycles. The highest BCUT2D eigenvalue weighted by atomic mass is 16.1. The number of fused-ring (bicyclic) bond motifs is 1. The smallest absolute Gasteiger partial charge is 0.267 e. The lowest BCUT2D eigenvalue weighted by Crippen LogP contribution is -2.26. The topological polar surface area (TPSA) is 82.7 Å². The van der Waals surface area contributed by atoms with Crippen molar-refractivity contribution >= 4 is 22.8 Å². The summed E-state index contributed by atoms with van der Waals surface area (Å²) in [4.78, 5) is 23.6. The van der Waals surface area contributed by atoms with Gasteiger partial charge in [-0.2, -0.15) is 0 Å². The largest absolute Gasteiger partial charge is 0.354 e. The van der Waals surface area contributed by atoms with Crippen LogP contribution in [0.5, 0.6) is 0 Å². The maximum Gasteiger partial charge on any atom is 0.267 e. The SMILES string of the molecule is Cc1ccc2[nH]c(C(=O)NCCCNc3ncccn3)cc2c1C. The Morgan fingerprint density at radius 3 is 2.75 bits per heavy atom. The van der Waals surface area contributed by atoms with Crippen molar-refractivity contribution in [2.45, 2.75) is 20.3 Å². The average Bonchev–Trinajstić information content (AvgIpc) is 3.04. The Balaban J connectivity index is 1.51. The van der Waals surface area contributed by atoms with Crippen LogP contribution in [0.3, 0.4) is 0 Å². The summed E-state index contributed by atoms with van der Waals surface area (Å²) in [5.74, 6) is 0.518. The summed E-state index contributed by atoms with van der Waals surface area (Å²) < 4.78 is 0. The van der Waals surface area contributed by atoms with Crippen molar-refractivity contribution in [3.05, 3.63) is 53.5 Å². The van der Waals surface area contributed by atoms with E-state index in [-0.39, 0.29) is 5.91 Å². The maximum atomic E-state index is 12.3. The fourth-order valence-corrected chi connectivity index (χ4v) is 2.56. The number of H-pyrrole nitrogens is 1. The Hall–Kier alpha value is -2.89. The summed E-state index contributed by atoms with van der Waals surface area (Å²) in [5, 5.41) is 7.14. The molecule has 0 fully saturated rings. The van der Waals surface area contributed by atoms with Gasteiger partial charge >= 0.3 is 0 Å². The van der Waals surface area contributed by atoms with Gasteiger partial charge in [0.15, 0.2) is 0 Å². The van der Waals surface area contributed by atoms with Crippen LogP contribution >= 0.6 is 0 Å². The first-order valence-corrected chi connectivity index (χ1v) is 8.03. The van der Waals surface area contributed by atoms with E-state index in [2.05, 4.69) is 45.5 Å². The first-order valence-electron chi connectivity index (χ1n) is 8.03. The van der Waals surface area contributed by atoms with Crippen LogP contribution in [0.1, 0.15) is 28.0 Å². The first-order chi connectivity index (χ1) is 11.6. The predicted molar refractivity (Wildman–Crippen MR) is 95.2 cm³/mol. The molecule has 3 rings (SSSR count). The van der Waals surface area contributed by atoms with Crippen LogP contribution in [0.25, 0.3) is 10.9 Å². The number of carbonyl (C=O) groups excluding carboxylic acids is 1. The van der Waals surface area contributed by atoms with Gasteiger partial charge in [-0.15, -0.1) is 0 Å². The summed E-state index contributed by atoms with van der Waals surface area (Å²) in [5.41, 5.74) is 4.02. The molecular formula is C18H21N5O. The Morgan fingerprint density at radius 1 is 1.17 bits per heavy atom. The van der Waals surface area contributed by atoms with Gasteiger partial charge in [0.05, 0.1) is 0 Å². The number of rotatable bonds is 6. The summed E-state index contributed by atoms with van der Waals surface area (Å²) in [6.45, 7) is 5.44. The molecule has 0 atom stereocenters. The fraction of sp³-hybridized carbons (Fsp3) is 0.278. The Bertz CT molecular complexity index is 841. The van der Waals surface area contributed by atoms with Gasteiger partial charge in [0.2, 0.25) is 5.95 Å². The van der Waals surface area contributed by atoms with Crippen LogP contribution in [0.4, 0.5) is 5.95 Å². The van der Waals surface area contributed by atoms with E-state index in [1.54, 1.807) is 18.5 Å². The zero-order valence-electron chi connectivity index (χ0n) is 13.9. The highest BCUT2D eigenvalue weighted by molar-refractivity contribution is 5.99. The maximum absolute atomic E-state index is 12.3. The van der Waals surface area contributed by atoms with E-state index >= 15 is 0 Å². The molecular weight excluding hydrogens is 302 g/mol. The molecule has 0 unspecified atom stereocenters. The number of nitrogens with one attached hydrogen (secondary N) is 3. The summed E-state index contributed by atoms with van der Waals surface area (Å²) >= 11 is 0. The predicted octanol–water partition coefficient (Wildman–Crippen LogP) is 2.81. The second kappa shape index (κ2) is 7.12. The summed E-state index contributed by atoms with van der Waals surface area (Å²) in [6.07, 6.45) is 4.18. The van der Waals surface area contributed by atoms with Crippen molar-refractivity contribution in [1.29, 1.82) is 0 Å². The lowest BCUT2D eigenvalue weighted by Gasteiger charge is -2.05. The molecule has 0 aliphatic carbocycles. The van der Waals surface area contributed by atoms with E-state index in [0.717, 1.165) is 17.3 Å². The third kappa shape index (κ3) is 3.53. The van der Waals surface area contributed by atoms with Gasteiger partial charge in [-0.05, 0) is 49.6 Å². The number of carbonyl (C=O) groups is 1. The molecule has 1 amide bonds. The number of amides is 1. The molecule has 3 N–H and O–H groups in total. The van der Waals surface area contributed by atoms with E-state index in [1.807, 2.05) is 12.1 Å². The fourth-order valence-electron chi connectivity index (χ4n) is 2.56. The molecule has 6 nitrogen and oxygen atoms in total. The minimum atomic E-state index is -0.0841. The van der Waals surface area contributed by atoms with Crippen molar-refractivity contribution < 1.29 is 4.79 Å². The molecule has 3 aromatic rings. The summed E-state index contributed by atoms with van der Waals surface area (Å²) in [7, 11) is 0. The summed E-state index contributed by atoms with van der Waals surface area (Å²) in [6, 6.07) is 7.77. The minimum absolute atomic E-state index is 0.0841. The number of aromatic amines is 1. The van der Waals surface area contributed by atoms with E-state index in [1.165, 1.54) is 11.1 Å². The lowest BCUT2D eigenvalue weighted by atomic mass is 10.1. The van der Waals surface area contributed by atoms with Crippen molar-refractivity contribution in [3.8, 4) is 0 Å². The third-order valence-corrected chi connectivity index (χ3v) is 4.08. The van der Waals surface area contributed by atoms with Crippen LogP contribution in [0.15, 0.2) is 36.7 Å². The first kappa shape index (κ1) is 16.0. The monoisotopic (exact) mass is 323 g/mol. The average molecular weight is 323 g/mol. The standard InChI is InChI=1S/C18H21N5O/c1-12-5-6-15-14(13(12)2)11-16(23-15)17(24)19-7-3-8-20-18-21-9-4-10-22-18/h4-6,9-11,23H,3,7-8H2,1-2H3,(H,19,24)(H,20,21,22). The Kier molecular flexibility index (Phi) is 4.74. The molecule has 0 radical (unpaired) electrons. The van der Waals surface area contributed by atoms with Crippen LogP contribution in [0, 0.1) is 13.8 Å². The van der Waals surface area contributed by atoms with Gasteiger partial charge in [0, 0.05) is 36.4 Å². The van der Waals surface area contributed by atoms with Gasteiger partial charge in [-0.3, -0.25) is 4.79 Å². The van der Waals surface area contributed by atoms with E-state index in [4.69, 9.17) is 0 Å². The molecule has 0 saturated heterocycles. The van der Waals surface area contributed by atoms with E-state index < -0.39 is 0 Å². The van der Waals surface area contributed by atoms with Gasteiger partial charge in [0.25, 0.3) is 5.91 Å². The number of hydrogen-bond acceptors (Lipinski definition) is 4. The number of benzene rings is 1. The molecule has 6 heteroatoms. The van der Waals surface area contributed by atoms with E-state index in [0.29, 0.717) is 24.7 Å². The lowest BCUT2D eigenvalue weighted by molar-refractivity contribution is 0.0949. The highest BCUT2D eigenvalue weighted by Crippen LogP contribution is 2.22. The number of hydrogen-bond donors (Lipinski definition) is 3. The number of aromatic nitrogens is 3. The number of aryl methyl sites for hydroxylation is 2. The van der Waals surface area contributed by atoms with Crippen molar-refractivity contribution in [2.24, 2.45) is 0 Å². The van der Waals surface area contributed by atoms with Crippen molar-refractivity contribution in [3.63, 3.8) is 0 Å². The molecule has 24 heavy (non-hydrogen) atoms. The van der Waals surface area contributed by atoms with Crippen LogP contribution in [-0.2, 0) is 0 Å². The number of anilines is 1. The van der Waals surface area contributed by atoms with Gasteiger partial charge in [-0.25, -0.2) is 9.97 Å². The van der Waals surface area contributed by atoms with Crippen molar-refractivity contribution in [2.75, 3.05) is 18.4 Å². The zero-order valence-corrected chi connectivity index (χ0v) is 13.9. The van der Waals surface area contributed by atoms with E-state index in [9.17, 15) is 4.79 Å². The van der Waals surface area contributed by atoms with Gasteiger partial charge in [-0.1, -0.05) is 6.07 Å². The van der Waals surface area contributed by atoms with Gasteiger partial charge in [0.1, 0.15) is 5.69 Å². The molecule has 2 heterocycles. The Labute approximate surface area is 140 Å². The van der Waals surface area contributed by atoms with Crippen molar-refractivity contribution in [1.82, 2.24) is 20.3 Å². The van der Waals surface area contributed by atoms with Gasteiger partial charge < -0.3 is 15.6 Å². The molecule has 0 saturated carbocycles. The minimum Gasteiger partial charge on any atom is -0.354 e.